The third-order valence-electron chi connectivity index (χ3n) is 1.97. The minimum Gasteiger partial charge on any atom is -0.480 e. The maximum atomic E-state index is 11.0. The van der Waals surface area contributed by atoms with Crippen LogP contribution >= 0.6 is 0 Å². The SMILES string of the molecule is NCCNC(=O)NCCCC[C@H](N)C(=O)O. The monoisotopic (exact) mass is 232 g/mol. The summed E-state index contributed by atoms with van der Waals surface area (Å²) >= 11 is 0. The molecule has 0 radical (unpaired) electrons. The van der Waals surface area contributed by atoms with Crippen molar-refractivity contribution in [1.29, 1.82) is 0 Å². The number of hydrogen-bond acceptors (Lipinski definition) is 4. The maximum absolute atomic E-state index is 11.0. The van der Waals surface area contributed by atoms with Crippen molar-refractivity contribution in [3.63, 3.8) is 0 Å². The Bertz CT molecular complexity index is 223. The molecule has 1 atom stereocenters. The zero-order valence-corrected chi connectivity index (χ0v) is 9.24. The van der Waals surface area contributed by atoms with Crippen molar-refractivity contribution in [1.82, 2.24) is 10.6 Å². The first-order chi connectivity index (χ1) is 7.57. The second kappa shape index (κ2) is 8.93. The number of nitrogens with two attached hydrogens (primary N) is 2. The fourth-order valence-corrected chi connectivity index (χ4v) is 1.06. The summed E-state index contributed by atoms with van der Waals surface area (Å²) in [5.74, 6) is -0.992. The van der Waals surface area contributed by atoms with Crippen LogP contribution in [0.15, 0.2) is 0 Å². The van der Waals surface area contributed by atoms with E-state index in [-0.39, 0.29) is 6.03 Å². The first-order valence-electron chi connectivity index (χ1n) is 5.28. The van der Waals surface area contributed by atoms with Crippen molar-refractivity contribution in [2.24, 2.45) is 11.5 Å². The van der Waals surface area contributed by atoms with Crippen LogP contribution in [0.1, 0.15) is 19.3 Å². The molecule has 0 aromatic carbocycles. The molecule has 0 aliphatic carbocycles. The third-order valence-corrected chi connectivity index (χ3v) is 1.97. The molecule has 0 bridgehead atoms. The number of amides is 2. The van der Waals surface area contributed by atoms with E-state index in [1.807, 2.05) is 0 Å². The van der Waals surface area contributed by atoms with Gasteiger partial charge in [-0.15, -0.1) is 0 Å². The molecule has 7 heteroatoms. The number of aliphatic carboxylic acids is 1. The summed E-state index contributed by atoms with van der Waals surface area (Å²) in [6.45, 7) is 1.35. The van der Waals surface area contributed by atoms with Gasteiger partial charge in [0.25, 0.3) is 0 Å². The van der Waals surface area contributed by atoms with Crippen molar-refractivity contribution in [3.05, 3.63) is 0 Å². The maximum Gasteiger partial charge on any atom is 0.320 e. The quantitative estimate of drug-likeness (QED) is 0.336. The molecule has 0 heterocycles. The van der Waals surface area contributed by atoms with Gasteiger partial charge in [-0.05, 0) is 19.3 Å². The first kappa shape index (κ1) is 14.7. The molecular formula is C9H20N4O3. The summed E-state index contributed by atoms with van der Waals surface area (Å²) in [5, 5.41) is 13.7. The van der Waals surface area contributed by atoms with Gasteiger partial charge in [0.1, 0.15) is 6.04 Å². The molecule has 0 saturated heterocycles. The fourth-order valence-electron chi connectivity index (χ4n) is 1.06. The lowest BCUT2D eigenvalue weighted by atomic mass is 10.1. The van der Waals surface area contributed by atoms with Crippen molar-refractivity contribution in [2.75, 3.05) is 19.6 Å². The van der Waals surface area contributed by atoms with Gasteiger partial charge >= 0.3 is 12.0 Å². The zero-order valence-electron chi connectivity index (χ0n) is 9.24. The van der Waals surface area contributed by atoms with Gasteiger partial charge in [0, 0.05) is 19.6 Å². The van der Waals surface area contributed by atoms with Gasteiger partial charge in [0.15, 0.2) is 0 Å². The number of urea groups is 1. The molecule has 94 valence electrons. The van der Waals surface area contributed by atoms with Gasteiger partial charge in [-0.2, -0.15) is 0 Å². The highest BCUT2D eigenvalue weighted by Crippen LogP contribution is 1.97. The van der Waals surface area contributed by atoms with Gasteiger partial charge in [-0.25, -0.2) is 4.79 Å². The number of hydrogen-bond donors (Lipinski definition) is 5. The lowest BCUT2D eigenvalue weighted by Gasteiger charge is -2.07. The van der Waals surface area contributed by atoms with E-state index in [4.69, 9.17) is 16.6 Å². The van der Waals surface area contributed by atoms with E-state index >= 15 is 0 Å². The predicted molar refractivity (Wildman–Crippen MR) is 59.9 cm³/mol. The number of carbonyl (C=O) groups excluding carboxylic acids is 1. The van der Waals surface area contributed by atoms with Gasteiger partial charge in [0.2, 0.25) is 0 Å². The van der Waals surface area contributed by atoms with Crippen LogP contribution in [-0.2, 0) is 4.79 Å². The van der Waals surface area contributed by atoms with Crippen LogP contribution in [0.4, 0.5) is 4.79 Å². The number of rotatable bonds is 8. The number of unbranched alkanes of at least 4 members (excludes halogenated alkanes) is 1. The van der Waals surface area contributed by atoms with Gasteiger partial charge < -0.3 is 27.2 Å². The van der Waals surface area contributed by atoms with Gasteiger partial charge in [-0.3, -0.25) is 4.79 Å². The Morgan fingerprint density at radius 3 is 2.38 bits per heavy atom. The smallest absolute Gasteiger partial charge is 0.320 e. The standard InChI is InChI=1S/C9H20N4O3/c10-4-6-13-9(16)12-5-2-1-3-7(11)8(14)15/h7H,1-6,10-11H2,(H,14,15)(H2,12,13,16)/t7-/m0/s1. The topological polar surface area (TPSA) is 130 Å². The molecule has 0 aromatic heterocycles. The Morgan fingerprint density at radius 2 is 1.81 bits per heavy atom. The molecule has 0 spiro atoms. The number of nitrogens with one attached hydrogen (secondary N) is 2. The highest BCUT2D eigenvalue weighted by molar-refractivity contribution is 5.73. The van der Waals surface area contributed by atoms with E-state index in [0.717, 1.165) is 0 Å². The first-order valence-corrected chi connectivity index (χ1v) is 5.28. The predicted octanol–water partition coefficient (Wildman–Crippen LogP) is -1.17. The Hall–Kier alpha value is -1.34. The molecule has 0 rings (SSSR count). The van der Waals surface area contributed by atoms with Crippen LogP contribution in [0.2, 0.25) is 0 Å². The van der Waals surface area contributed by atoms with Gasteiger partial charge in [-0.1, -0.05) is 0 Å². The summed E-state index contributed by atoms with van der Waals surface area (Å²) in [4.78, 5) is 21.4. The Labute approximate surface area is 94.6 Å². The molecule has 0 aliphatic heterocycles. The summed E-state index contributed by atoms with van der Waals surface area (Å²) < 4.78 is 0. The van der Waals surface area contributed by atoms with Crippen LogP contribution < -0.4 is 22.1 Å². The molecule has 0 aliphatic rings. The Kier molecular flexibility index (Phi) is 8.18. The minimum atomic E-state index is -0.992. The molecule has 0 fully saturated rings. The average Bonchev–Trinajstić information content (AvgIpc) is 2.25. The summed E-state index contributed by atoms with van der Waals surface area (Å²) in [7, 11) is 0. The van der Waals surface area contributed by atoms with Crippen molar-refractivity contribution in [2.45, 2.75) is 25.3 Å². The van der Waals surface area contributed by atoms with E-state index in [9.17, 15) is 9.59 Å². The van der Waals surface area contributed by atoms with E-state index in [0.29, 0.717) is 38.9 Å². The fraction of sp³-hybridized carbons (Fsp3) is 0.778. The normalized spacial score (nSPS) is 11.9. The molecule has 16 heavy (non-hydrogen) atoms. The average molecular weight is 232 g/mol. The summed E-state index contributed by atoms with van der Waals surface area (Å²) in [6, 6.07) is -1.07. The number of carboxylic acid groups (broad SMARTS) is 1. The second-order valence-electron chi connectivity index (χ2n) is 3.41. The Balaban J connectivity index is 3.33. The van der Waals surface area contributed by atoms with Crippen molar-refractivity contribution < 1.29 is 14.7 Å². The van der Waals surface area contributed by atoms with Gasteiger partial charge in [0.05, 0.1) is 0 Å². The Morgan fingerprint density at radius 1 is 1.19 bits per heavy atom. The lowest BCUT2D eigenvalue weighted by molar-refractivity contribution is -0.138. The van der Waals surface area contributed by atoms with E-state index in [1.54, 1.807) is 0 Å². The molecule has 0 aromatic rings. The third kappa shape index (κ3) is 8.01. The molecular weight excluding hydrogens is 212 g/mol. The van der Waals surface area contributed by atoms with Crippen LogP contribution in [0.25, 0.3) is 0 Å². The minimum absolute atomic E-state index is 0.256. The molecule has 0 saturated carbocycles. The van der Waals surface area contributed by atoms with E-state index in [1.165, 1.54) is 0 Å². The molecule has 2 amide bonds. The molecule has 0 unspecified atom stereocenters. The van der Waals surface area contributed by atoms with Crippen LogP contribution in [0.5, 0.6) is 0 Å². The number of carboxylic acids is 1. The lowest BCUT2D eigenvalue weighted by Crippen LogP contribution is -2.38. The van der Waals surface area contributed by atoms with Crippen LogP contribution in [0.3, 0.4) is 0 Å². The number of carbonyl (C=O) groups is 2. The van der Waals surface area contributed by atoms with Crippen LogP contribution in [0, 0.1) is 0 Å². The summed E-state index contributed by atoms with van der Waals surface area (Å²) in [6.07, 6.45) is 1.79. The summed E-state index contributed by atoms with van der Waals surface area (Å²) in [5.41, 5.74) is 10.5. The largest absolute Gasteiger partial charge is 0.480 e. The van der Waals surface area contributed by atoms with Crippen molar-refractivity contribution in [3.8, 4) is 0 Å². The highest BCUT2D eigenvalue weighted by atomic mass is 16.4. The van der Waals surface area contributed by atoms with Crippen LogP contribution in [-0.4, -0.2) is 42.8 Å². The van der Waals surface area contributed by atoms with Crippen molar-refractivity contribution >= 4 is 12.0 Å². The van der Waals surface area contributed by atoms with E-state index in [2.05, 4.69) is 10.6 Å². The van der Waals surface area contributed by atoms with E-state index < -0.39 is 12.0 Å². The highest BCUT2D eigenvalue weighted by Gasteiger charge is 2.09. The molecule has 7 N–H and O–H groups in total. The molecule has 7 nitrogen and oxygen atoms in total. The zero-order chi connectivity index (χ0) is 12.4. The second-order valence-corrected chi connectivity index (χ2v) is 3.41.